The lowest BCUT2D eigenvalue weighted by molar-refractivity contribution is -0.140. The number of amides is 1. The maximum absolute atomic E-state index is 13.2. The molecule has 0 aliphatic carbocycles. The van der Waals surface area contributed by atoms with Crippen molar-refractivity contribution in [2.45, 2.75) is 18.8 Å². The van der Waals surface area contributed by atoms with Crippen molar-refractivity contribution in [2.75, 3.05) is 11.9 Å². The number of alkyl halides is 3. The van der Waals surface area contributed by atoms with Crippen molar-refractivity contribution in [1.29, 1.82) is 0 Å². The number of carbonyl (C=O) groups excluding carboxylic acids is 1. The molecule has 0 spiro atoms. The fraction of sp³-hybridized carbons (Fsp3) is 0.250. The van der Waals surface area contributed by atoms with Crippen LogP contribution in [0.25, 0.3) is 22.0 Å². The minimum absolute atomic E-state index is 0.0310. The van der Waals surface area contributed by atoms with E-state index in [-0.39, 0.29) is 18.0 Å². The van der Waals surface area contributed by atoms with Crippen molar-refractivity contribution in [3.05, 3.63) is 36.3 Å². The number of hydrogen-bond donors (Lipinski definition) is 2. The van der Waals surface area contributed by atoms with Crippen molar-refractivity contribution in [2.24, 2.45) is 5.73 Å². The van der Waals surface area contributed by atoms with Gasteiger partial charge in [0.2, 0.25) is 5.91 Å². The zero-order valence-corrected chi connectivity index (χ0v) is 13.1. The van der Waals surface area contributed by atoms with Gasteiger partial charge >= 0.3 is 6.18 Å². The van der Waals surface area contributed by atoms with Gasteiger partial charge in [0.1, 0.15) is 11.7 Å². The summed E-state index contributed by atoms with van der Waals surface area (Å²) in [4.78, 5) is 13.7. The lowest BCUT2D eigenvalue weighted by Gasteiger charge is -2.18. The van der Waals surface area contributed by atoms with Crippen LogP contribution in [0.5, 0.6) is 0 Å². The Hall–Kier alpha value is -2.81. The van der Waals surface area contributed by atoms with Gasteiger partial charge in [-0.25, -0.2) is 0 Å². The molecule has 1 aliphatic rings. The number of nitrogens with one attached hydrogen (secondary N) is 1. The lowest BCUT2D eigenvalue weighted by Crippen LogP contribution is -2.42. The predicted molar refractivity (Wildman–Crippen MR) is 85.9 cm³/mol. The van der Waals surface area contributed by atoms with Gasteiger partial charge in [-0.3, -0.25) is 9.89 Å². The number of likely N-dealkylation sites (N-methyl/N-ethyl adjacent to an activating group) is 1. The number of carbonyl (C=O) groups is 1. The van der Waals surface area contributed by atoms with Gasteiger partial charge in [-0.05, 0) is 6.07 Å². The molecule has 0 saturated heterocycles. The van der Waals surface area contributed by atoms with Gasteiger partial charge in [0.15, 0.2) is 0 Å². The normalized spacial score (nSPS) is 18.0. The number of rotatable bonds is 1. The summed E-state index contributed by atoms with van der Waals surface area (Å²) in [6.45, 7) is 0.190. The molecule has 9 heteroatoms. The number of halogens is 3. The minimum Gasteiger partial charge on any atom is -0.343 e. The number of para-hydroxylation sites is 1. The van der Waals surface area contributed by atoms with Gasteiger partial charge in [0.05, 0.1) is 17.4 Å². The Morgan fingerprint density at radius 3 is 2.80 bits per heavy atom. The first-order valence-electron chi connectivity index (χ1n) is 7.55. The van der Waals surface area contributed by atoms with Crippen LogP contribution >= 0.6 is 0 Å². The highest BCUT2D eigenvalue weighted by atomic mass is 19.4. The molecule has 130 valence electrons. The first-order valence-corrected chi connectivity index (χ1v) is 7.55. The molecule has 6 nitrogen and oxygen atoms in total. The van der Waals surface area contributed by atoms with E-state index in [1.807, 2.05) is 5.10 Å². The van der Waals surface area contributed by atoms with E-state index >= 15 is 0 Å². The van der Waals surface area contributed by atoms with Gasteiger partial charge in [-0.2, -0.15) is 18.3 Å². The SMILES string of the molecule is CN1C(=O)[C@@H](N)Cn2cc(-c3cn[nH]c3C(F)(F)F)c3cccc1c32. The number of nitrogens with two attached hydrogens (primary N) is 1. The minimum atomic E-state index is -4.54. The van der Waals surface area contributed by atoms with E-state index in [1.54, 1.807) is 36.0 Å². The molecular formula is C16H14F3N5O. The maximum atomic E-state index is 13.2. The molecule has 0 unspecified atom stereocenters. The predicted octanol–water partition coefficient (Wildman–Crippen LogP) is 2.35. The highest BCUT2D eigenvalue weighted by Crippen LogP contribution is 2.41. The molecule has 3 aromatic rings. The summed E-state index contributed by atoms with van der Waals surface area (Å²) in [7, 11) is 1.61. The number of hydrogen-bond acceptors (Lipinski definition) is 3. The van der Waals surface area contributed by atoms with Crippen LogP contribution < -0.4 is 10.6 Å². The Bertz CT molecular complexity index is 987. The van der Waals surface area contributed by atoms with E-state index < -0.39 is 17.9 Å². The Morgan fingerprint density at radius 2 is 2.08 bits per heavy atom. The number of aromatic amines is 1. The van der Waals surface area contributed by atoms with Crippen LogP contribution in [0, 0.1) is 0 Å². The molecule has 4 rings (SSSR count). The monoisotopic (exact) mass is 349 g/mol. The molecule has 3 heterocycles. The lowest BCUT2D eigenvalue weighted by atomic mass is 10.0. The Labute approximate surface area is 140 Å². The quantitative estimate of drug-likeness (QED) is 0.708. The summed E-state index contributed by atoms with van der Waals surface area (Å²) in [5, 5.41) is 6.20. The van der Waals surface area contributed by atoms with Gasteiger partial charge in [-0.15, -0.1) is 0 Å². The van der Waals surface area contributed by atoms with Crippen molar-refractivity contribution in [3.63, 3.8) is 0 Å². The summed E-state index contributed by atoms with van der Waals surface area (Å²) in [5.41, 5.74) is 6.69. The van der Waals surface area contributed by atoms with Crippen molar-refractivity contribution in [1.82, 2.24) is 14.8 Å². The average Bonchev–Trinajstić information content (AvgIpc) is 3.15. The third-order valence-electron chi connectivity index (χ3n) is 4.49. The van der Waals surface area contributed by atoms with Crippen LogP contribution in [0.1, 0.15) is 5.69 Å². The fourth-order valence-corrected chi connectivity index (χ4v) is 3.33. The second kappa shape index (κ2) is 5.09. The van der Waals surface area contributed by atoms with E-state index in [0.29, 0.717) is 22.2 Å². The number of H-pyrrole nitrogens is 1. The first-order chi connectivity index (χ1) is 11.8. The fourth-order valence-electron chi connectivity index (χ4n) is 3.33. The molecule has 1 atom stereocenters. The van der Waals surface area contributed by atoms with Crippen molar-refractivity contribution in [3.8, 4) is 11.1 Å². The smallest absolute Gasteiger partial charge is 0.343 e. The highest BCUT2D eigenvalue weighted by molar-refractivity contribution is 6.09. The third kappa shape index (κ3) is 2.23. The van der Waals surface area contributed by atoms with Crippen LogP contribution in [0.15, 0.2) is 30.6 Å². The van der Waals surface area contributed by atoms with E-state index in [2.05, 4.69) is 5.10 Å². The average molecular weight is 349 g/mol. The van der Waals surface area contributed by atoms with Gasteiger partial charge in [-0.1, -0.05) is 12.1 Å². The molecule has 0 fully saturated rings. The number of anilines is 1. The topological polar surface area (TPSA) is 79.9 Å². The summed E-state index contributed by atoms with van der Waals surface area (Å²) < 4.78 is 41.4. The molecule has 3 N–H and O–H groups in total. The van der Waals surface area contributed by atoms with Gasteiger partial charge < -0.3 is 15.2 Å². The second-order valence-corrected chi connectivity index (χ2v) is 6.03. The number of nitrogens with zero attached hydrogens (tertiary/aromatic N) is 3. The standard InChI is InChI=1S/C16H14F3N5O/c1-23-12-4-2-3-8-10(9-5-21-22-14(9)16(17,18)19)6-24(13(8)12)7-11(20)15(23)25/h2-6,11H,7,20H2,1H3,(H,21,22)/t11-/m0/s1. The van der Waals surface area contributed by atoms with E-state index in [4.69, 9.17) is 5.73 Å². The zero-order chi connectivity index (χ0) is 17.9. The third-order valence-corrected chi connectivity index (χ3v) is 4.49. The molecule has 25 heavy (non-hydrogen) atoms. The summed E-state index contributed by atoms with van der Waals surface area (Å²) >= 11 is 0. The summed E-state index contributed by atoms with van der Waals surface area (Å²) in [6.07, 6.45) is -1.78. The molecule has 0 radical (unpaired) electrons. The summed E-state index contributed by atoms with van der Waals surface area (Å²) in [5.74, 6) is -0.239. The van der Waals surface area contributed by atoms with Crippen LogP contribution in [-0.4, -0.2) is 33.8 Å². The number of benzene rings is 1. The zero-order valence-electron chi connectivity index (χ0n) is 13.1. The number of aromatic nitrogens is 3. The van der Waals surface area contributed by atoms with Crippen LogP contribution in [0.4, 0.5) is 18.9 Å². The molecule has 1 amide bonds. The van der Waals surface area contributed by atoms with Crippen molar-refractivity contribution >= 4 is 22.5 Å². The Kier molecular flexibility index (Phi) is 3.20. The molecule has 0 saturated carbocycles. The second-order valence-electron chi connectivity index (χ2n) is 6.03. The Balaban J connectivity index is 2.02. The highest BCUT2D eigenvalue weighted by Gasteiger charge is 2.37. The summed E-state index contributed by atoms with van der Waals surface area (Å²) in [6, 6.07) is 4.41. The van der Waals surface area contributed by atoms with Crippen LogP contribution in [0.3, 0.4) is 0 Å². The van der Waals surface area contributed by atoms with E-state index in [1.165, 1.54) is 4.90 Å². The van der Waals surface area contributed by atoms with E-state index in [9.17, 15) is 18.0 Å². The van der Waals surface area contributed by atoms with Gasteiger partial charge in [0.25, 0.3) is 0 Å². The van der Waals surface area contributed by atoms with E-state index in [0.717, 1.165) is 6.20 Å². The molecule has 2 aromatic heterocycles. The largest absolute Gasteiger partial charge is 0.433 e. The first kappa shape index (κ1) is 15.7. The van der Waals surface area contributed by atoms with Crippen LogP contribution in [0.2, 0.25) is 0 Å². The molecule has 0 bridgehead atoms. The molecular weight excluding hydrogens is 335 g/mol. The van der Waals surface area contributed by atoms with Crippen molar-refractivity contribution < 1.29 is 18.0 Å². The maximum Gasteiger partial charge on any atom is 0.433 e. The van der Waals surface area contributed by atoms with Crippen LogP contribution in [-0.2, 0) is 17.5 Å². The van der Waals surface area contributed by atoms with Gasteiger partial charge in [0, 0.05) is 36.3 Å². The molecule has 1 aliphatic heterocycles. The molecule has 1 aromatic carbocycles. The Morgan fingerprint density at radius 1 is 1.32 bits per heavy atom.